The van der Waals surface area contributed by atoms with E-state index in [2.05, 4.69) is 5.73 Å². The molecule has 0 aromatic carbocycles. The van der Waals surface area contributed by atoms with Gasteiger partial charge in [-0.1, -0.05) is 13.0 Å². The lowest BCUT2D eigenvalue weighted by molar-refractivity contribution is -0.0879. The van der Waals surface area contributed by atoms with Crippen molar-refractivity contribution in [2.75, 3.05) is 0 Å². The number of allylic oxidation sites excluding steroid dienone is 5. The smallest absolute Gasteiger partial charge is 0.192 e. The minimum Gasteiger partial charge on any atom is -0.192 e. The molecule has 1 aliphatic rings. The molecular formula is C11H8F3N. The molecule has 0 heterocycles. The van der Waals surface area contributed by atoms with Gasteiger partial charge >= 0.3 is 6.18 Å². The molecule has 0 N–H and O–H groups in total. The van der Waals surface area contributed by atoms with Gasteiger partial charge < -0.3 is 0 Å². The molecule has 0 aromatic heterocycles. The van der Waals surface area contributed by atoms with E-state index in [4.69, 9.17) is 5.26 Å². The zero-order valence-corrected chi connectivity index (χ0v) is 8.02. The molecule has 4 heteroatoms. The molecule has 0 spiro atoms. The Morgan fingerprint density at radius 1 is 1.40 bits per heavy atom. The van der Waals surface area contributed by atoms with Crippen LogP contribution in [0.1, 0.15) is 13.3 Å². The third kappa shape index (κ3) is 2.61. The first-order chi connectivity index (χ1) is 6.99. The Labute approximate surface area is 85.5 Å². The first-order valence-corrected chi connectivity index (χ1v) is 4.34. The van der Waals surface area contributed by atoms with Crippen LogP contribution in [0.15, 0.2) is 40.7 Å². The first-order valence-electron chi connectivity index (χ1n) is 4.34. The second-order valence-corrected chi connectivity index (χ2v) is 2.94. The number of rotatable bonds is 1. The van der Waals surface area contributed by atoms with Crippen LogP contribution in [0.5, 0.6) is 0 Å². The summed E-state index contributed by atoms with van der Waals surface area (Å²) in [6.45, 7) is 1.78. The van der Waals surface area contributed by atoms with Gasteiger partial charge in [0.05, 0.1) is 11.1 Å². The number of nitrogens with zero attached hydrogens (tertiary/aromatic N) is 1. The largest absolute Gasteiger partial charge is 0.423 e. The standard InChI is InChI=1S/C11H8F3N/c1-2-8-3-5-10(11(12,13)14)6-4-9(8)7-15/h3-5H,2H2,1H3. The molecule has 78 valence electrons. The first kappa shape index (κ1) is 11.4. The lowest BCUT2D eigenvalue weighted by Crippen LogP contribution is -2.08. The number of alkyl halides is 3. The van der Waals surface area contributed by atoms with E-state index in [-0.39, 0.29) is 5.57 Å². The minimum atomic E-state index is -4.42. The number of hydrogen-bond acceptors (Lipinski definition) is 1. The van der Waals surface area contributed by atoms with Gasteiger partial charge in [0.1, 0.15) is 6.07 Å². The number of hydrogen-bond donors (Lipinski definition) is 0. The van der Waals surface area contributed by atoms with E-state index in [1.165, 1.54) is 6.08 Å². The molecule has 0 saturated carbocycles. The molecule has 0 bridgehead atoms. The van der Waals surface area contributed by atoms with Gasteiger partial charge in [0.15, 0.2) is 0 Å². The third-order valence-corrected chi connectivity index (χ3v) is 1.98. The van der Waals surface area contributed by atoms with Crippen LogP contribution in [0.2, 0.25) is 0 Å². The molecule has 0 aromatic rings. The van der Waals surface area contributed by atoms with Crippen molar-refractivity contribution < 1.29 is 13.2 Å². The normalized spacial score (nSPS) is 16.1. The van der Waals surface area contributed by atoms with Crippen LogP contribution in [0, 0.1) is 11.3 Å². The van der Waals surface area contributed by atoms with Crippen molar-refractivity contribution in [2.45, 2.75) is 19.5 Å². The molecule has 0 atom stereocenters. The fraction of sp³-hybridized carbons (Fsp3) is 0.273. The molecule has 0 unspecified atom stereocenters. The summed E-state index contributed by atoms with van der Waals surface area (Å²) in [5.74, 6) is 0. The van der Waals surface area contributed by atoms with Gasteiger partial charge in [-0.2, -0.15) is 18.4 Å². The van der Waals surface area contributed by atoms with E-state index < -0.39 is 11.7 Å². The van der Waals surface area contributed by atoms with Crippen LogP contribution in [-0.2, 0) is 0 Å². The summed E-state index contributed by atoms with van der Waals surface area (Å²) < 4.78 is 36.9. The predicted octanol–water partition coefficient (Wildman–Crippen LogP) is 3.43. The van der Waals surface area contributed by atoms with Crippen LogP contribution >= 0.6 is 0 Å². The second kappa shape index (κ2) is 4.20. The maximum Gasteiger partial charge on any atom is 0.423 e. The lowest BCUT2D eigenvalue weighted by atomic mass is 10.1. The van der Waals surface area contributed by atoms with Crippen molar-refractivity contribution in [2.24, 2.45) is 0 Å². The van der Waals surface area contributed by atoms with Crippen LogP contribution in [0.4, 0.5) is 13.2 Å². The van der Waals surface area contributed by atoms with E-state index in [9.17, 15) is 13.2 Å². The Balaban J connectivity index is 3.20. The third-order valence-electron chi connectivity index (χ3n) is 1.98. The van der Waals surface area contributed by atoms with Crippen molar-refractivity contribution in [1.82, 2.24) is 0 Å². The Kier molecular flexibility index (Phi) is 3.18. The summed E-state index contributed by atoms with van der Waals surface area (Å²) in [7, 11) is 0. The van der Waals surface area contributed by atoms with E-state index in [1.807, 2.05) is 6.07 Å². The Morgan fingerprint density at radius 3 is 2.53 bits per heavy atom. The quantitative estimate of drug-likeness (QED) is 0.609. The highest BCUT2D eigenvalue weighted by Gasteiger charge is 2.32. The molecule has 0 saturated heterocycles. The molecule has 0 amide bonds. The van der Waals surface area contributed by atoms with E-state index in [1.54, 1.807) is 6.92 Å². The Bertz CT molecular complexity index is 424. The van der Waals surface area contributed by atoms with Crippen molar-refractivity contribution in [3.63, 3.8) is 0 Å². The molecule has 15 heavy (non-hydrogen) atoms. The van der Waals surface area contributed by atoms with Gasteiger partial charge in [0.2, 0.25) is 0 Å². The van der Waals surface area contributed by atoms with Crippen molar-refractivity contribution in [1.29, 1.82) is 5.26 Å². The van der Waals surface area contributed by atoms with Gasteiger partial charge in [-0.15, -0.1) is 5.73 Å². The summed E-state index contributed by atoms with van der Waals surface area (Å²) in [5.41, 5.74) is 2.04. The van der Waals surface area contributed by atoms with E-state index in [0.717, 1.165) is 12.2 Å². The lowest BCUT2D eigenvalue weighted by Gasteiger charge is -2.03. The summed E-state index contributed by atoms with van der Waals surface area (Å²) >= 11 is 0. The maximum atomic E-state index is 12.3. The molecule has 1 nitrogen and oxygen atoms in total. The molecule has 1 rings (SSSR count). The van der Waals surface area contributed by atoms with E-state index >= 15 is 0 Å². The van der Waals surface area contributed by atoms with Crippen LogP contribution in [-0.4, -0.2) is 6.18 Å². The van der Waals surface area contributed by atoms with Gasteiger partial charge in [0, 0.05) is 0 Å². The van der Waals surface area contributed by atoms with Gasteiger partial charge in [-0.05, 0) is 24.1 Å². The second-order valence-electron chi connectivity index (χ2n) is 2.94. The van der Waals surface area contributed by atoms with Gasteiger partial charge in [-0.25, -0.2) is 0 Å². The van der Waals surface area contributed by atoms with Gasteiger partial charge in [-0.3, -0.25) is 0 Å². The summed E-state index contributed by atoms with van der Waals surface area (Å²) in [4.78, 5) is 0. The SMILES string of the molecule is CCC1=C(C#N)C=C=C(C(F)(F)F)C=C1. The van der Waals surface area contributed by atoms with Crippen molar-refractivity contribution in [3.05, 3.63) is 40.7 Å². The number of nitriles is 1. The Morgan fingerprint density at radius 2 is 2.07 bits per heavy atom. The zero-order chi connectivity index (χ0) is 11.5. The average Bonchev–Trinajstić information content (AvgIpc) is 2.37. The summed E-state index contributed by atoms with van der Waals surface area (Å²) in [6.07, 6.45) is -0.557. The highest BCUT2D eigenvalue weighted by atomic mass is 19.4. The highest BCUT2D eigenvalue weighted by molar-refractivity contribution is 5.47. The maximum absolute atomic E-state index is 12.3. The van der Waals surface area contributed by atoms with Crippen molar-refractivity contribution >= 4 is 0 Å². The molecular weight excluding hydrogens is 203 g/mol. The van der Waals surface area contributed by atoms with Crippen LogP contribution < -0.4 is 0 Å². The fourth-order valence-electron chi connectivity index (χ4n) is 1.15. The Hall–Kier alpha value is -1.72. The number of halogens is 3. The average molecular weight is 211 g/mol. The monoisotopic (exact) mass is 211 g/mol. The highest BCUT2D eigenvalue weighted by Crippen LogP contribution is 2.28. The molecule has 0 fully saturated rings. The van der Waals surface area contributed by atoms with Crippen molar-refractivity contribution in [3.8, 4) is 6.07 Å². The minimum absolute atomic E-state index is 0.230. The summed E-state index contributed by atoms with van der Waals surface area (Å²) in [5, 5.41) is 8.70. The predicted molar refractivity (Wildman–Crippen MR) is 49.7 cm³/mol. The fourth-order valence-corrected chi connectivity index (χ4v) is 1.15. The molecule has 0 aliphatic heterocycles. The molecule has 0 radical (unpaired) electrons. The van der Waals surface area contributed by atoms with Crippen LogP contribution in [0.25, 0.3) is 0 Å². The zero-order valence-electron chi connectivity index (χ0n) is 8.02. The van der Waals surface area contributed by atoms with Gasteiger partial charge in [0.25, 0.3) is 0 Å². The molecule has 1 aliphatic carbocycles. The summed E-state index contributed by atoms with van der Waals surface area (Å²) in [6, 6.07) is 1.85. The van der Waals surface area contributed by atoms with E-state index in [0.29, 0.717) is 12.0 Å². The topological polar surface area (TPSA) is 23.8 Å². The van der Waals surface area contributed by atoms with Crippen LogP contribution in [0.3, 0.4) is 0 Å².